The topological polar surface area (TPSA) is 90.8 Å². The second kappa shape index (κ2) is 9.80. The molecule has 7 heteroatoms. The van der Waals surface area contributed by atoms with Gasteiger partial charge in [0.25, 0.3) is 5.91 Å². The molecule has 0 radical (unpaired) electrons. The van der Waals surface area contributed by atoms with Gasteiger partial charge in [-0.15, -0.1) is 0 Å². The van der Waals surface area contributed by atoms with E-state index in [0.29, 0.717) is 21.3 Å². The fourth-order valence-corrected chi connectivity index (χ4v) is 3.47. The standard InChI is InChI=1S/C24H19BrN4O2/c1-16-7-8-17(2)29(16)28-24(30)21(14-27)11-18-9-10-23(22(25)12-18)31-15-20-6-4-3-5-19(20)13-26/h3-12H,15H2,1-2H3,(H,28,30)/b21-11-. The van der Waals surface area contributed by atoms with Crippen LogP contribution in [0.15, 0.2) is 64.6 Å². The van der Waals surface area contributed by atoms with Gasteiger partial charge in [-0.1, -0.05) is 24.3 Å². The second-order valence-electron chi connectivity index (χ2n) is 6.81. The van der Waals surface area contributed by atoms with Crippen molar-refractivity contribution in [2.24, 2.45) is 0 Å². The molecule has 0 aliphatic carbocycles. The molecule has 1 N–H and O–H groups in total. The molecule has 154 valence electrons. The lowest BCUT2D eigenvalue weighted by Gasteiger charge is -2.11. The number of aryl methyl sites for hydroxylation is 2. The predicted molar refractivity (Wildman–Crippen MR) is 121 cm³/mol. The molecule has 0 aliphatic heterocycles. The molecule has 0 atom stereocenters. The van der Waals surface area contributed by atoms with Gasteiger partial charge >= 0.3 is 0 Å². The summed E-state index contributed by atoms with van der Waals surface area (Å²) in [5, 5.41) is 18.6. The summed E-state index contributed by atoms with van der Waals surface area (Å²) in [7, 11) is 0. The fourth-order valence-electron chi connectivity index (χ4n) is 2.96. The molecule has 1 amide bonds. The van der Waals surface area contributed by atoms with Crippen LogP contribution in [-0.4, -0.2) is 10.6 Å². The summed E-state index contributed by atoms with van der Waals surface area (Å²) >= 11 is 3.47. The first-order chi connectivity index (χ1) is 14.9. The Balaban J connectivity index is 1.75. The summed E-state index contributed by atoms with van der Waals surface area (Å²) in [4.78, 5) is 12.5. The summed E-state index contributed by atoms with van der Waals surface area (Å²) < 4.78 is 8.14. The molecule has 6 nitrogen and oxygen atoms in total. The minimum Gasteiger partial charge on any atom is -0.488 e. The third-order valence-electron chi connectivity index (χ3n) is 4.64. The van der Waals surface area contributed by atoms with Crippen LogP contribution in [0.25, 0.3) is 6.08 Å². The zero-order valence-electron chi connectivity index (χ0n) is 17.0. The highest BCUT2D eigenvalue weighted by Gasteiger charge is 2.12. The third-order valence-corrected chi connectivity index (χ3v) is 5.26. The summed E-state index contributed by atoms with van der Waals surface area (Å²) in [6.45, 7) is 3.99. The molecule has 1 heterocycles. The van der Waals surface area contributed by atoms with Crippen molar-refractivity contribution < 1.29 is 9.53 Å². The molecule has 0 saturated heterocycles. The van der Waals surface area contributed by atoms with Gasteiger partial charge in [0.15, 0.2) is 0 Å². The van der Waals surface area contributed by atoms with E-state index in [1.807, 2.05) is 44.2 Å². The lowest BCUT2D eigenvalue weighted by Crippen LogP contribution is -2.25. The van der Waals surface area contributed by atoms with Gasteiger partial charge in [0.05, 0.1) is 16.1 Å². The van der Waals surface area contributed by atoms with Crippen molar-refractivity contribution in [2.75, 3.05) is 5.43 Å². The number of nitrogens with zero attached hydrogens (tertiary/aromatic N) is 3. The number of carbonyl (C=O) groups is 1. The Morgan fingerprint density at radius 3 is 2.48 bits per heavy atom. The molecule has 0 aliphatic rings. The van der Waals surface area contributed by atoms with Gasteiger partial charge in [-0.2, -0.15) is 10.5 Å². The molecule has 3 rings (SSSR count). The van der Waals surface area contributed by atoms with E-state index in [4.69, 9.17) is 4.74 Å². The van der Waals surface area contributed by atoms with Crippen LogP contribution >= 0.6 is 15.9 Å². The van der Waals surface area contributed by atoms with Gasteiger partial charge in [0.2, 0.25) is 0 Å². The predicted octanol–water partition coefficient (Wildman–Crippen LogP) is 5.00. The number of benzene rings is 2. The summed E-state index contributed by atoms with van der Waals surface area (Å²) in [5.74, 6) is 0.0981. The van der Waals surface area contributed by atoms with Crippen molar-refractivity contribution in [1.29, 1.82) is 10.5 Å². The lowest BCUT2D eigenvalue weighted by molar-refractivity contribution is -0.113. The SMILES string of the molecule is Cc1ccc(C)n1NC(=O)/C(C#N)=C\c1ccc(OCc2ccccc2C#N)c(Br)c1. The summed E-state index contributed by atoms with van der Waals surface area (Å²) in [6.07, 6.45) is 1.52. The molecule has 0 fully saturated rings. The van der Waals surface area contributed by atoms with Crippen molar-refractivity contribution in [3.63, 3.8) is 0 Å². The van der Waals surface area contributed by atoms with Crippen LogP contribution in [0.5, 0.6) is 5.75 Å². The van der Waals surface area contributed by atoms with Gasteiger partial charge in [0, 0.05) is 17.0 Å². The van der Waals surface area contributed by atoms with Crippen LogP contribution in [0, 0.1) is 36.5 Å². The van der Waals surface area contributed by atoms with Crippen molar-refractivity contribution in [3.8, 4) is 17.9 Å². The normalized spacial score (nSPS) is 10.8. The van der Waals surface area contributed by atoms with E-state index >= 15 is 0 Å². The zero-order chi connectivity index (χ0) is 22.4. The van der Waals surface area contributed by atoms with E-state index in [1.54, 1.807) is 35.0 Å². The Hall–Kier alpha value is -3.81. The van der Waals surface area contributed by atoms with Crippen LogP contribution in [0.4, 0.5) is 0 Å². The van der Waals surface area contributed by atoms with Crippen molar-refractivity contribution >= 4 is 27.9 Å². The van der Waals surface area contributed by atoms with Crippen molar-refractivity contribution in [2.45, 2.75) is 20.5 Å². The Kier molecular flexibility index (Phi) is 6.92. The Labute approximate surface area is 189 Å². The van der Waals surface area contributed by atoms with Gasteiger partial charge in [-0.25, -0.2) is 0 Å². The van der Waals surface area contributed by atoms with E-state index in [2.05, 4.69) is 27.4 Å². The van der Waals surface area contributed by atoms with Crippen LogP contribution in [-0.2, 0) is 11.4 Å². The number of nitrogens with one attached hydrogen (secondary N) is 1. The molecule has 3 aromatic rings. The van der Waals surface area contributed by atoms with Crippen LogP contribution < -0.4 is 10.2 Å². The van der Waals surface area contributed by atoms with Crippen LogP contribution in [0.2, 0.25) is 0 Å². The number of hydrogen-bond donors (Lipinski definition) is 1. The van der Waals surface area contributed by atoms with Gasteiger partial charge < -0.3 is 4.74 Å². The minimum absolute atomic E-state index is 0.0176. The monoisotopic (exact) mass is 474 g/mol. The van der Waals surface area contributed by atoms with Crippen LogP contribution in [0.3, 0.4) is 0 Å². The molecular formula is C24H19BrN4O2. The van der Waals surface area contributed by atoms with E-state index in [0.717, 1.165) is 17.0 Å². The number of halogens is 1. The van der Waals surface area contributed by atoms with Crippen LogP contribution in [0.1, 0.15) is 28.1 Å². The zero-order valence-corrected chi connectivity index (χ0v) is 18.6. The Morgan fingerprint density at radius 2 is 1.84 bits per heavy atom. The van der Waals surface area contributed by atoms with Gasteiger partial charge in [-0.05, 0) is 71.7 Å². The smallest absolute Gasteiger partial charge is 0.280 e. The minimum atomic E-state index is -0.491. The largest absolute Gasteiger partial charge is 0.488 e. The number of amides is 1. The highest BCUT2D eigenvalue weighted by Crippen LogP contribution is 2.28. The van der Waals surface area contributed by atoms with E-state index < -0.39 is 5.91 Å². The molecule has 1 aromatic heterocycles. The molecule has 0 spiro atoms. The molecule has 2 aromatic carbocycles. The fraction of sp³-hybridized carbons (Fsp3) is 0.125. The first-order valence-corrected chi connectivity index (χ1v) is 10.2. The maximum Gasteiger partial charge on any atom is 0.280 e. The number of ether oxygens (including phenoxy) is 1. The summed E-state index contributed by atoms with van der Waals surface area (Å²) in [6, 6.07) is 20.4. The first kappa shape index (κ1) is 21.9. The lowest BCUT2D eigenvalue weighted by atomic mass is 10.1. The second-order valence-corrected chi connectivity index (χ2v) is 7.66. The number of aromatic nitrogens is 1. The van der Waals surface area contributed by atoms with Gasteiger partial charge in [-0.3, -0.25) is 14.9 Å². The average Bonchev–Trinajstić information content (AvgIpc) is 3.09. The quantitative estimate of drug-likeness (QED) is 0.402. The van der Waals surface area contributed by atoms with E-state index in [-0.39, 0.29) is 12.2 Å². The number of rotatable bonds is 6. The molecular weight excluding hydrogens is 456 g/mol. The Morgan fingerprint density at radius 1 is 1.13 bits per heavy atom. The number of nitriles is 2. The van der Waals surface area contributed by atoms with Crippen molar-refractivity contribution in [3.05, 3.63) is 92.7 Å². The maximum atomic E-state index is 12.5. The molecule has 0 saturated carbocycles. The highest BCUT2D eigenvalue weighted by molar-refractivity contribution is 9.10. The molecule has 31 heavy (non-hydrogen) atoms. The van der Waals surface area contributed by atoms with E-state index in [9.17, 15) is 15.3 Å². The molecule has 0 bridgehead atoms. The summed E-state index contributed by atoms with van der Waals surface area (Å²) in [5.41, 5.74) is 6.47. The first-order valence-electron chi connectivity index (χ1n) is 9.41. The number of carbonyl (C=O) groups excluding carboxylic acids is 1. The highest BCUT2D eigenvalue weighted by atomic mass is 79.9. The third kappa shape index (κ3) is 5.22. The number of hydrogen-bond acceptors (Lipinski definition) is 4. The molecule has 0 unspecified atom stereocenters. The van der Waals surface area contributed by atoms with Gasteiger partial charge in [0.1, 0.15) is 24.0 Å². The average molecular weight is 475 g/mol. The maximum absolute atomic E-state index is 12.5. The Bertz CT molecular complexity index is 1230. The van der Waals surface area contributed by atoms with Crippen molar-refractivity contribution in [1.82, 2.24) is 4.68 Å². The van der Waals surface area contributed by atoms with E-state index in [1.165, 1.54) is 6.08 Å².